The summed E-state index contributed by atoms with van der Waals surface area (Å²) in [5, 5.41) is 4.19. The molecule has 2 bridgehead atoms. The van der Waals surface area contributed by atoms with E-state index in [-0.39, 0.29) is 17.1 Å². The number of carbonyl (C=O) groups excluding carboxylic acids is 1. The first-order valence-corrected chi connectivity index (χ1v) is 10.1. The summed E-state index contributed by atoms with van der Waals surface area (Å²) in [5.74, 6) is 1.24. The molecular formula is C23H25FN2O2. The molecule has 0 saturated heterocycles. The number of rotatable bonds is 2. The zero-order chi connectivity index (χ0) is 19.7. The Morgan fingerprint density at radius 1 is 1.39 bits per heavy atom. The largest absolute Gasteiger partial charge is 0.360 e. The van der Waals surface area contributed by atoms with Crippen LogP contribution in [0.1, 0.15) is 44.4 Å². The van der Waals surface area contributed by atoms with Gasteiger partial charge in [-0.05, 0) is 42.7 Å². The van der Waals surface area contributed by atoms with Crippen LogP contribution < -0.4 is 0 Å². The fraction of sp³-hybridized carbons (Fsp3) is 0.478. The SMILES string of the molecule is C=C1C2(C(=O)N3CCc4onc(-c5cccc(F)c5)c4C3)CCC(C2)C1(C)C. The van der Waals surface area contributed by atoms with Crippen molar-refractivity contribution in [3.63, 3.8) is 0 Å². The van der Waals surface area contributed by atoms with Gasteiger partial charge in [-0.25, -0.2) is 4.39 Å². The van der Waals surface area contributed by atoms with Crippen molar-refractivity contribution < 1.29 is 13.7 Å². The van der Waals surface area contributed by atoms with Crippen LogP contribution in [0.25, 0.3) is 11.3 Å². The first-order chi connectivity index (χ1) is 13.3. The maximum absolute atomic E-state index is 13.7. The second-order valence-corrected chi connectivity index (χ2v) is 9.14. The average Bonchev–Trinajstić information content (AvgIpc) is 3.35. The van der Waals surface area contributed by atoms with E-state index in [0.29, 0.717) is 36.7 Å². The van der Waals surface area contributed by atoms with E-state index >= 15 is 0 Å². The van der Waals surface area contributed by atoms with Crippen LogP contribution in [0.4, 0.5) is 4.39 Å². The first kappa shape index (κ1) is 17.7. The second-order valence-electron chi connectivity index (χ2n) is 9.14. The average molecular weight is 380 g/mol. The zero-order valence-electron chi connectivity index (χ0n) is 16.4. The minimum absolute atomic E-state index is 0.0266. The molecule has 146 valence electrons. The predicted octanol–water partition coefficient (Wildman–Crippen LogP) is 4.75. The van der Waals surface area contributed by atoms with Crippen molar-refractivity contribution in [2.75, 3.05) is 6.54 Å². The number of halogens is 1. The van der Waals surface area contributed by atoms with Crippen molar-refractivity contribution in [3.8, 4) is 11.3 Å². The van der Waals surface area contributed by atoms with Crippen LogP contribution in [0.5, 0.6) is 0 Å². The quantitative estimate of drug-likeness (QED) is 0.707. The molecule has 1 amide bonds. The molecule has 5 heteroatoms. The van der Waals surface area contributed by atoms with Crippen molar-refractivity contribution in [2.24, 2.45) is 16.7 Å². The molecule has 2 unspecified atom stereocenters. The summed E-state index contributed by atoms with van der Waals surface area (Å²) in [6.45, 7) is 9.91. The van der Waals surface area contributed by atoms with Gasteiger partial charge >= 0.3 is 0 Å². The van der Waals surface area contributed by atoms with E-state index in [0.717, 1.165) is 36.2 Å². The third kappa shape index (κ3) is 2.28. The lowest BCUT2D eigenvalue weighted by Gasteiger charge is -2.40. The summed E-state index contributed by atoms with van der Waals surface area (Å²) in [7, 11) is 0. The van der Waals surface area contributed by atoms with Crippen molar-refractivity contribution in [1.29, 1.82) is 0 Å². The molecule has 2 atom stereocenters. The molecule has 0 spiro atoms. The van der Waals surface area contributed by atoms with Gasteiger partial charge in [-0.1, -0.05) is 43.3 Å². The molecule has 1 aromatic heterocycles. The van der Waals surface area contributed by atoms with E-state index in [1.54, 1.807) is 6.07 Å². The number of nitrogens with zero attached hydrogens (tertiary/aromatic N) is 2. The summed E-state index contributed by atoms with van der Waals surface area (Å²) in [4.78, 5) is 15.6. The Balaban J connectivity index is 1.46. The number of carbonyl (C=O) groups is 1. The molecule has 28 heavy (non-hydrogen) atoms. The van der Waals surface area contributed by atoms with Gasteiger partial charge in [-0.3, -0.25) is 4.79 Å². The van der Waals surface area contributed by atoms with Crippen molar-refractivity contribution >= 4 is 5.91 Å². The standard InChI is InChI=1S/C23H25FN2O2/c1-14-22(2,3)16-7-9-23(14,12-16)21(27)26-10-8-19-18(13-26)20(25-28-19)15-5-4-6-17(24)11-15/h4-6,11,16H,1,7-10,12-13H2,2-3H3. The molecule has 1 aromatic carbocycles. The van der Waals surface area contributed by atoms with Crippen molar-refractivity contribution in [2.45, 2.75) is 46.1 Å². The van der Waals surface area contributed by atoms with Gasteiger partial charge in [-0.2, -0.15) is 0 Å². The van der Waals surface area contributed by atoms with Crippen LogP contribution >= 0.6 is 0 Å². The third-order valence-electron chi connectivity index (χ3n) is 7.51. The van der Waals surface area contributed by atoms with Crippen molar-refractivity contribution in [3.05, 3.63) is 53.6 Å². The molecule has 5 rings (SSSR count). The summed E-state index contributed by atoms with van der Waals surface area (Å²) in [6, 6.07) is 6.36. The molecule has 2 fully saturated rings. The number of benzene rings is 1. The van der Waals surface area contributed by atoms with Gasteiger partial charge in [0.25, 0.3) is 0 Å². The van der Waals surface area contributed by atoms with E-state index < -0.39 is 5.41 Å². The second kappa shape index (κ2) is 5.79. The first-order valence-electron chi connectivity index (χ1n) is 10.1. The number of hydrogen-bond donors (Lipinski definition) is 0. The van der Waals surface area contributed by atoms with E-state index in [9.17, 15) is 9.18 Å². The Hall–Kier alpha value is -2.43. The molecule has 2 aliphatic carbocycles. The van der Waals surface area contributed by atoms with Crippen LogP contribution in [-0.4, -0.2) is 22.5 Å². The highest BCUT2D eigenvalue weighted by molar-refractivity contribution is 5.88. The van der Waals surface area contributed by atoms with Crippen LogP contribution in [-0.2, 0) is 17.8 Å². The van der Waals surface area contributed by atoms with E-state index in [2.05, 4.69) is 25.6 Å². The van der Waals surface area contributed by atoms with Crippen LogP contribution in [0.15, 0.2) is 40.9 Å². The minimum Gasteiger partial charge on any atom is -0.360 e. The minimum atomic E-state index is -0.415. The van der Waals surface area contributed by atoms with Gasteiger partial charge < -0.3 is 9.42 Å². The molecule has 0 radical (unpaired) electrons. The summed E-state index contributed by atoms with van der Waals surface area (Å²) in [5.41, 5.74) is 2.94. The molecular weight excluding hydrogens is 355 g/mol. The van der Waals surface area contributed by atoms with Crippen LogP contribution in [0, 0.1) is 22.6 Å². The number of aromatic nitrogens is 1. The van der Waals surface area contributed by atoms with Gasteiger partial charge in [0.2, 0.25) is 5.91 Å². The van der Waals surface area contributed by atoms with Crippen molar-refractivity contribution in [1.82, 2.24) is 10.1 Å². The normalized spacial score (nSPS) is 27.9. The Bertz CT molecular complexity index is 992. The maximum atomic E-state index is 13.7. The number of hydrogen-bond acceptors (Lipinski definition) is 3. The predicted molar refractivity (Wildman–Crippen MR) is 104 cm³/mol. The maximum Gasteiger partial charge on any atom is 0.233 e. The van der Waals surface area contributed by atoms with E-state index in [4.69, 9.17) is 4.52 Å². The number of fused-ring (bicyclic) bond motifs is 3. The highest BCUT2D eigenvalue weighted by Crippen LogP contribution is 2.66. The molecule has 2 heterocycles. The fourth-order valence-electron chi connectivity index (χ4n) is 5.67. The summed E-state index contributed by atoms with van der Waals surface area (Å²) >= 11 is 0. The molecule has 4 nitrogen and oxygen atoms in total. The Labute approximate surface area is 164 Å². The zero-order valence-corrected chi connectivity index (χ0v) is 16.4. The summed E-state index contributed by atoms with van der Waals surface area (Å²) in [6.07, 6.45) is 3.56. The fourth-order valence-corrected chi connectivity index (χ4v) is 5.67. The smallest absolute Gasteiger partial charge is 0.233 e. The van der Waals surface area contributed by atoms with E-state index in [1.165, 1.54) is 12.1 Å². The topological polar surface area (TPSA) is 46.3 Å². The van der Waals surface area contributed by atoms with E-state index in [1.807, 2.05) is 11.0 Å². The lowest BCUT2D eigenvalue weighted by Crippen LogP contribution is -2.46. The van der Waals surface area contributed by atoms with Gasteiger partial charge in [0.05, 0.1) is 12.0 Å². The van der Waals surface area contributed by atoms with Crippen LogP contribution in [0.3, 0.4) is 0 Å². The molecule has 2 saturated carbocycles. The lowest BCUT2D eigenvalue weighted by atomic mass is 9.68. The monoisotopic (exact) mass is 380 g/mol. The highest BCUT2D eigenvalue weighted by Gasteiger charge is 2.61. The highest BCUT2D eigenvalue weighted by atomic mass is 19.1. The Kier molecular flexibility index (Phi) is 3.65. The molecule has 3 aliphatic rings. The van der Waals surface area contributed by atoms with Gasteiger partial charge in [0.15, 0.2) is 0 Å². The molecule has 0 N–H and O–H groups in total. The van der Waals surface area contributed by atoms with Gasteiger partial charge in [0.1, 0.15) is 17.3 Å². The molecule has 2 aromatic rings. The third-order valence-corrected chi connectivity index (χ3v) is 7.51. The summed E-state index contributed by atoms with van der Waals surface area (Å²) < 4.78 is 19.2. The van der Waals surface area contributed by atoms with Crippen LogP contribution in [0.2, 0.25) is 0 Å². The number of amides is 1. The Morgan fingerprint density at radius 2 is 2.21 bits per heavy atom. The van der Waals surface area contributed by atoms with Gasteiger partial charge in [-0.15, -0.1) is 0 Å². The van der Waals surface area contributed by atoms with Gasteiger partial charge in [0, 0.05) is 24.1 Å². The molecule has 1 aliphatic heterocycles. The Morgan fingerprint density at radius 3 is 2.93 bits per heavy atom. The lowest BCUT2D eigenvalue weighted by molar-refractivity contribution is -0.140.